The molecule has 17 heavy (non-hydrogen) atoms. The van der Waals surface area contributed by atoms with E-state index in [4.69, 9.17) is 5.26 Å². The summed E-state index contributed by atoms with van der Waals surface area (Å²) in [6, 6.07) is 3.01. The molecule has 0 aliphatic rings. The van der Waals surface area contributed by atoms with Gasteiger partial charge in [0, 0.05) is 15.0 Å². The van der Waals surface area contributed by atoms with Gasteiger partial charge in [0.05, 0.1) is 18.2 Å². The molecular weight excluding hydrogens is 416 g/mol. The third-order valence-corrected chi connectivity index (χ3v) is 3.54. The third kappa shape index (κ3) is 4.31. The number of nitriles is 1. The minimum absolute atomic E-state index is 0.00894. The van der Waals surface area contributed by atoms with Gasteiger partial charge >= 0.3 is 6.36 Å². The number of ether oxygens (including phenoxy) is 1. The zero-order chi connectivity index (χ0) is 13.1. The fourth-order valence-corrected chi connectivity index (χ4v) is 2.67. The number of alkyl halides is 4. The van der Waals surface area contributed by atoms with E-state index in [9.17, 15) is 13.2 Å². The first-order chi connectivity index (χ1) is 7.87. The van der Waals surface area contributed by atoms with Gasteiger partial charge in [0.1, 0.15) is 0 Å². The molecule has 0 atom stereocenters. The normalized spacial score (nSPS) is 11.1. The molecule has 0 aliphatic heterocycles. The standard InChI is InChI=1S/C9H5BrF3IN2O/c10-4-6-8(14)5(1-2-15)3-7(16-6)17-9(11,12)13/h3H,1,4H2. The molecule has 1 heterocycles. The first-order valence-corrected chi connectivity index (χ1v) is 6.44. The molecule has 0 aliphatic carbocycles. The molecule has 1 aromatic rings. The molecule has 0 unspecified atom stereocenters. The van der Waals surface area contributed by atoms with Gasteiger partial charge in [0.15, 0.2) is 0 Å². The fraction of sp³-hybridized carbons (Fsp3) is 0.333. The summed E-state index contributed by atoms with van der Waals surface area (Å²) < 4.78 is 40.6. The molecule has 0 saturated heterocycles. The van der Waals surface area contributed by atoms with Crippen LogP contribution in [0.5, 0.6) is 5.88 Å². The number of hydrogen-bond acceptors (Lipinski definition) is 3. The van der Waals surface area contributed by atoms with Crippen LogP contribution in [0.15, 0.2) is 6.07 Å². The van der Waals surface area contributed by atoms with Gasteiger partial charge in [0.2, 0.25) is 5.88 Å². The molecule has 0 aromatic carbocycles. The predicted octanol–water partition coefficient (Wildman–Crippen LogP) is 3.55. The lowest BCUT2D eigenvalue weighted by Gasteiger charge is -2.11. The Morgan fingerprint density at radius 3 is 2.65 bits per heavy atom. The SMILES string of the molecule is N#CCc1cc(OC(F)(F)F)nc(CBr)c1I. The Morgan fingerprint density at radius 1 is 1.53 bits per heavy atom. The van der Waals surface area contributed by atoms with Crippen molar-refractivity contribution in [1.82, 2.24) is 4.98 Å². The lowest BCUT2D eigenvalue weighted by atomic mass is 10.2. The van der Waals surface area contributed by atoms with Crippen LogP contribution >= 0.6 is 38.5 Å². The van der Waals surface area contributed by atoms with Crippen LogP contribution in [0.25, 0.3) is 0 Å². The van der Waals surface area contributed by atoms with Crippen molar-refractivity contribution >= 4 is 38.5 Å². The average Bonchev–Trinajstić information content (AvgIpc) is 2.20. The highest BCUT2D eigenvalue weighted by Crippen LogP contribution is 2.27. The largest absolute Gasteiger partial charge is 0.574 e. The maximum atomic E-state index is 12.1. The van der Waals surface area contributed by atoms with Crippen LogP contribution in [0.4, 0.5) is 13.2 Å². The molecule has 1 aromatic heterocycles. The molecule has 0 amide bonds. The van der Waals surface area contributed by atoms with E-state index in [-0.39, 0.29) is 6.42 Å². The smallest absolute Gasteiger partial charge is 0.388 e. The topological polar surface area (TPSA) is 45.9 Å². The van der Waals surface area contributed by atoms with Gasteiger partial charge in [-0.25, -0.2) is 4.98 Å². The van der Waals surface area contributed by atoms with Crippen molar-refractivity contribution in [2.24, 2.45) is 0 Å². The predicted molar refractivity (Wildman–Crippen MR) is 65.6 cm³/mol. The lowest BCUT2D eigenvalue weighted by Crippen LogP contribution is -2.18. The van der Waals surface area contributed by atoms with Crippen LogP contribution in [0.2, 0.25) is 0 Å². The molecule has 0 N–H and O–H groups in total. The quantitative estimate of drug-likeness (QED) is 0.555. The Kier molecular flexibility index (Phi) is 5.00. The van der Waals surface area contributed by atoms with E-state index in [1.54, 1.807) is 0 Å². The maximum Gasteiger partial charge on any atom is 0.574 e. The highest BCUT2D eigenvalue weighted by molar-refractivity contribution is 14.1. The van der Waals surface area contributed by atoms with Crippen LogP contribution < -0.4 is 4.74 Å². The number of rotatable bonds is 3. The van der Waals surface area contributed by atoms with Gasteiger partial charge in [-0.15, -0.1) is 13.2 Å². The first-order valence-electron chi connectivity index (χ1n) is 4.24. The Balaban J connectivity index is 3.16. The van der Waals surface area contributed by atoms with Crippen molar-refractivity contribution in [3.8, 4) is 11.9 Å². The molecule has 92 valence electrons. The van der Waals surface area contributed by atoms with Gasteiger partial charge in [-0.1, -0.05) is 15.9 Å². The number of pyridine rings is 1. The minimum atomic E-state index is -4.78. The third-order valence-electron chi connectivity index (χ3n) is 1.69. The maximum absolute atomic E-state index is 12.1. The monoisotopic (exact) mass is 420 g/mol. The molecule has 0 radical (unpaired) electrons. The van der Waals surface area contributed by atoms with Crippen molar-refractivity contribution in [2.75, 3.05) is 0 Å². The van der Waals surface area contributed by atoms with Crippen LogP contribution in [0.3, 0.4) is 0 Å². The number of hydrogen-bond donors (Lipinski definition) is 0. The highest BCUT2D eigenvalue weighted by atomic mass is 127. The summed E-state index contributed by atoms with van der Waals surface area (Å²) in [5.74, 6) is -0.544. The summed E-state index contributed by atoms with van der Waals surface area (Å²) in [6.07, 6.45) is -4.78. The average molecular weight is 421 g/mol. The molecule has 1 rings (SSSR count). The second-order valence-corrected chi connectivity index (χ2v) is 4.54. The first kappa shape index (κ1) is 14.5. The van der Waals surface area contributed by atoms with Crippen molar-refractivity contribution in [3.05, 3.63) is 20.9 Å². The second kappa shape index (κ2) is 5.86. The van der Waals surface area contributed by atoms with Crippen LogP contribution in [-0.4, -0.2) is 11.3 Å². The van der Waals surface area contributed by atoms with E-state index in [1.807, 2.05) is 28.7 Å². The summed E-state index contributed by atoms with van der Waals surface area (Å²) in [5.41, 5.74) is 0.884. The molecular formula is C9H5BrF3IN2O. The molecule has 0 bridgehead atoms. The second-order valence-electron chi connectivity index (χ2n) is 2.90. The van der Waals surface area contributed by atoms with E-state index in [2.05, 4.69) is 25.7 Å². The Labute approximate surface area is 117 Å². The molecule has 3 nitrogen and oxygen atoms in total. The van der Waals surface area contributed by atoms with Crippen molar-refractivity contribution in [1.29, 1.82) is 5.26 Å². The molecule has 0 spiro atoms. The number of nitrogens with zero attached hydrogens (tertiary/aromatic N) is 2. The van der Waals surface area contributed by atoms with Gasteiger partial charge in [0.25, 0.3) is 0 Å². The van der Waals surface area contributed by atoms with E-state index < -0.39 is 12.2 Å². The number of aromatic nitrogens is 1. The fourth-order valence-electron chi connectivity index (χ4n) is 1.09. The molecule has 0 saturated carbocycles. The molecule has 0 fully saturated rings. The lowest BCUT2D eigenvalue weighted by molar-refractivity contribution is -0.276. The van der Waals surface area contributed by atoms with Crippen molar-refractivity contribution in [2.45, 2.75) is 18.1 Å². The van der Waals surface area contributed by atoms with Crippen LogP contribution in [0.1, 0.15) is 11.3 Å². The Morgan fingerprint density at radius 2 is 2.18 bits per heavy atom. The zero-order valence-electron chi connectivity index (χ0n) is 8.18. The van der Waals surface area contributed by atoms with Crippen molar-refractivity contribution in [3.63, 3.8) is 0 Å². The summed E-state index contributed by atoms with van der Waals surface area (Å²) in [6.45, 7) is 0. The van der Waals surface area contributed by atoms with E-state index >= 15 is 0 Å². The van der Waals surface area contributed by atoms with Crippen LogP contribution in [-0.2, 0) is 11.8 Å². The summed E-state index contributed by atoms with van der Waals surface area (Å²) in [4.78, 5) is 3.71. The van der Waals surface area contributed by atoms with E-state index in [0.29, 0.717) is 20.2 Å². The van der Waals surface area contributed by atoms with Gasteiger partial charge in [-0.3, -0.25) is 0 Å². The minimum Gasteiger partial charge on any atom is -0.388 e. The van der Waals surface area contributed by atoms with Gasteiger partial charge in [-0.2, -0.15) is 5.26 Å². The summed E-state index contributed by atoms with van der Waals surface area (Å²) in [7, 11) is 0. The summed E-state index contributed by atoms with van der Waals surface area (Å²) in [5, 5.41) is 8.87. The van der Waals surface area contributed by atoms with Gasteiger partial charge in [-0.05, 0) is 28.2 Å². The van der Waals surface area contributed by atoms with E-state index in [1.165, 1.54) is 0 Å². The van der Waals surface area contributed by atoms with Crippen molar-refractivity contribution < 1.29 is 17.9 Å². The van der Waals surface area contributed by atoms with Crippen LogP contribution in [0, 0.1) is 14.9 Å². The Bertz CT molecular complexity index is 459. The van der Waals surface area contributed by atoms with Gasteiger partial charge < -0.3 is 4.74 Å². The summed E-state index contributed by atoms with van der Waals surface area (Å²) >= 11 is 5.06. The Hall–Kier alpha value is -0.560. The molecule has 8 heteroatoms. The highest BCUT2D eigenvalue weighted by Gasteiger charge is 2.32. The van der Waals surface area contributed by atoms with E-state index in [0.717, 1.165) is 6.07 Å². The number of halogens is 5. The zero-order valence-corrected chi connectivity index (χ0v) is 11.9.